The van der Waals surface area contributed by atoms with Gasteiger partial charge in [-0.3, -0.25) is 0 Å². The van der Waals surface area contributed by atoms with E-state index in [-0.39, 0.29) is 0 Å². The fourth-order valence-corrected chi connectivity index (χ4v) is 3.21. The minimum atomic E-state index is 0.359. The second-order valence-electron chi connectivity index (χ2n) is 4.00. The second kappa shape index (κ2) is 3.91. The maximum Gasteiger partial charge on any atom is 0.142 e. The largest absolute Gasteiger partial charge is 0.369 e. The van der Waals surface area contributed by atoms with Gasteiger partial charge in [0, 0.05) is 10.6 Å². The first-order chi connectivity index (χ1) is 7.84. The quantitative estimate of drug-likeness (QED) is 0.746. The first kappa shape index (κ1) is 9.85. The molecule has 1 aliphatic rings. The van der Waals surface area contributed by atoms with Gasteiger partial charge in [-0.15, -0.1) is 0 Å². The van der Waals surface area contributed by atoms with Crippen LogP contribution in [0.15, 0.2) is 53.4 Å². The zero-order valence-electron chi connectivity index (χ0n) is 9.10. The molecule has 3 rings (SSSR count). The van der Waals surface area contributed by atoms with Crippen LogP contribution in [0.2, 0.25) is 0 Å². The second-order valence-corrected chi connectivity index (χ2v) is 5.15. The van der Waals surface area contributed by atoms with Crippen molar-refractivity contribution < 1.29 is 0 Å². The molecule has 78 valence electrons. The lowest BCUT2D eigenvalue weighted by molar-refractivity contribution is 1.14. The average molecular weight is 225 g/mol. The van der Waals surface area contributed by atoms with Crippen molar-refractivity contribution in [2.45, 2.75) is 10.3 Å². The molecule has 1 atom stereocenters. The van der Waals surface area contributed by atoms with Crippen LogP contribution in [-0.2, 0) is 0 Å². The number of hydrogen-bond donors (Lipinski definition) is 1. The van der Waals surface area contributed by atoms with Crippen LogP contribution in [0.5, 0.6) is 0 Å². The van der Waals surface area contributed by atoms with Crippen LogP contribution >= 0.6 is 11.8 Å². The summed E-state index contributed by atoms with van der Waals surface area (Å²) in [4.78, 5) is 1.36. The third-order valence-corrected chi connectivity index (χ3v) is 4.08. The highest BCUT2D eigenvalue weighted by Crippen LogP contribution is 2.45. The molecule has 1 unspecified atom stereocenters. The van der Waals surface area contributed by atoms with E-state index in [1.54, 1.807) is 0 Å². The SMILES string of the molecule is Bc1cccc2c1NC(c1ccccc1)S2. The predicted octanol–water partition coefficient (Wildman–Crippen LogP) is 2.16. The molecule has 1 nitrogen and oxygen atoms in total. The fourth-order valence-electron chi connectivity index (χ4n) is 1.99. The number of thioether (sulfide) groups is 1. The van der Waals surface area contributed by atoms with Gasteiger partial charge >= 0.3 is 0 Å². The first-order valence-corrected chi connectivity index (χ1v) is 6.30. The van der Waals surface area contributed by atoms with Gasteiger partial charge in [-0.1, -0.05) is 59.7 Å². The number of nitrogens with one attached hydrogen (secondary N) is 1. The van der Waals surface area contributed by atoms with E-state index < -0.39 is 0 Å². The number of rotatable bonds is 1. The summed E-state index contributed by atoms with van der Waals surface area (Å²) in [5, 5.41) is 3.94. The van der Waals surface area contributed by atoms with Gasteiger partial charge in [0.15, 0.2) is 0 Å². The molecule has 0 aromatic heterocycles. The van der Waals surface area contributed by atoms with Crippen LogP contribution < -0.4 is 10.8 Å². The van der Waals surface area contributed by atoms with Gasteiger partial charge < -0.3 is 5.32 Å². The van der Waals surface area contributed by atoms with Crippen molar-refractivity contribution in [1.82, 2.24) is 0 Å². The van der Waals surface area contributed by atoms with Crippen LogP contribution in [0.1, 0.15) is 10.9 Å². The minimum absolute atomic E-state index is 0.359. The summed E-state index contributed by atoms with van der Waals surface area (Å²) in [5.74, 6) is 0. The van der Waals surface area contributed by atoms with E-state index in [4.69, 9.17) is 0 Å². The monoisotopic (exact) mass is 225 g/mol. The molecule has 0 radical (unpaired) electrons. The molecule has 2 aromatic carbocycles. The number of para-hydroxylation sites is 1. The van der Waals surface area contributed by atoms with Crippen molar-refractivity contribution >= 4 is 30.8 Å². The lowest BCUT2D eigenvalue weighted by atomic mass is 9.94. The summed E-state index contributed by atoms with van der Waals surface area (Å²) in [6.45, 7) is 0. The lowest BCUT2D eigenvalue weighted by Crippen LogP contribution is -2.10. The highest BCUT2D eigenvalue weighted by Gasteiger charge is 2.23. The standard InChI is InChI=1S/C13H12BNS/c14-10-7-4-8-11-12(10)15-13(16-11)9-5-2-1-3-6-9/h1-8,13,15H,14H2. The van der Waals surface area contributed by atoms with Gasteiger partial charge in [0.25, 0.3) is 0 Å². The normalized spacial score (nSPS) is 17.9. The van der Waals surface area contributed by atoms with Gasteiger partial charge in [-0.05, 0) is 11.6 Å². The minimum Gasteiger partial charge on any atom is -0.369 e. The molecule has 1 heterocycles. The van der Waals surface area contributed by atoms with Crippen molar-refractivity contribution in [2.24, 2.45) is 0 Å². The first-order valence-electron chi connectivity index (χ1n) is 5.42. The van der Waals surface area contributed by atoms with E-state index >= 15 is 0 Å². The van der Waals surface area contributed by atoms with E-state index in [0.29, 0.717) is 5.37 Å². The molecule has 16 heavy (non-hydrogen) atoms. The Balaban J connectivity index is 1.94. The van der Waals surface area contributed by atoms with Gasteiger partial charge in [-0.25, -0.2) is 0 Å². The number of anilines is 1. The summed E-state index contributed by atoms with van der Waals surface area (Å²) < 4.78 is 0. The third kappa shape index (κ3) is 1.61. The lowest BCUT2D eigenvalue weighted by Gasteiger charge is -2.10. The summed E-state index contributed by atoms with van der Waals surface area (Å²) in [6.07, 6.45) is 0. The zero-order chi connectivity index (χ0) is 11.0. The molecule has 0 amide bonds. The Morgan fingerprint density at radius 1 is 1.00 bits per heavy atom. The molecule has 0 aliphatic carbocycles. The van der Waals surface area contributed by atoms with Crippen LogP contribution in [0, 0.1) is 0 Å². The third-order valence-electron chi connectivity index (χ3n) is 2.86. The molecule has 0 spiro atoms. The molecular weight excluding hydrogens is 213 g/mol. The number of fused-ring (bicyclic) bond motifs is 1. The number of benzene rings is 2. The van der Waals surface area contributed by atoms with Gasteiger partial charge in [0.2, 0.25) is 0 Å². The van der Waals surface area contributed by atoms with E-state index in [1.807, 2.05) is 11.8 Å². The molecule has 1 aliphatic heterocycles. The van der Waals surface area contributed by atoms with Crippen LogP contribution in [0.4, 0.5) is 5.69 Å². The molecule has 0 bridgehead atoms. The fraction of sp³-hybridized carbons (Fsp3) is 0.0769. The Morgan fingerprint density at radius 3 is 2.56 bits per heavy atom. The summed E-state index contributed by atoms with van der Waals surface area (Å²) >= 11 is 1.89. The van der Waals surface area contributed by atoms with Crippen molar-refractivity contribution in [1.29, 1.82) is 0 Å². The summed E-state index contributed by atoms with van der Waals surface area (Å²) in [6, 6.07) is 17.0. The smallest absolute Gasteiger partial charge is 0.142 e. The maximum absolute atomic E-state index is 3.58. The van der Waals surface area contributed by atoms with E-state index in [2.05, 4.69) is 61.7 Å². The van der Waals surface area contributed by atoms with Crippen molar-refractivity contribution in [3.63, 3.8) is 0 Å². The Bertz CT molecular complexity index is 513. The summed E-state index contributed by atoms with van der Waals surface area (Å²) in [7, 11) is 2.15. The van der Waals surface area contributed by atoms with E-state index in [0.717, 1.165) is 0 Å². The molecule has 2 aromatic rings. The van der Waals surface area contributed by atoms with Gasteiger partial charge in [0.05, 0.1) is 0 Å². The Labute approximate surface area is 101 Å². The van der Waals surface area contributed by atoms with Crippen LogP contribution in [0.25, 0.3) is 0 Å². The van der Waals surface area contributed by atoms with E-state index in [1.165, 1.54) is 21.6 Å². The Morgan fingerprint density at radius 2 is 1.81 bits per heavy atom. The van der Waals surface area contributed by atoms with Crippen molar-refractivity contribution in [2.75, 3.05) is 5.32 Å². The van der Waals surface area contributed by atoms with Gasteiger partial charge in [0.1, 0.15) is 13.2 Å². The number of hydrogen-bond acceptors (Lipinski definition) is 2. The van der Waals surface area contributed by atoms with Crippen molar-refractivity contribution in [3.05, 3.63) is 54.1 Å². The maximum atomic E-state index is 3.58. The summed E-state index contributed by atoms with van der Waals surface area (Å²) in [5.41, 5.74) is 3.95. The van der Waals surface area contributed by atoms with Crippen LogP contribution in [-0.4, -0.2) is 7.85 Å². The van der Waals surface area contributed by atoms with Gasteiger partial charge in [-0.2, -0.15) is 0 Å². The molecule has 1 N–H and O–H groups in total. The zero-order valence-corrected chi connectivity index (χ0v) is 9.92. The Kier molecular flexibility index (Phi) is 2.41. The Hall–Kier alpha value is -1.35. The highest BCUT2D eigenvalue weighted by molar-refractivity contribution is 8.00. The average Bonchev–Trinajstić information content (AvgIpc) is 2.76. The molecule has 3 heteroatoms. The van der Waals surface area contributed by atoms with Crippen LogP contribution in [0.3, 0.4) is 0 Å². The molecule has 0 fully saturated rings. The molecular formula is C13H12BNS. The van der Waals surface area contributed by atoms with Crippen molar-refractivity contribution in [3.8, 4) is 0 Å². The molecule has 0 saturated carbocycles. The highest BCUT2D eigenvalue weighted by atomic mass is 32.2. The topological polar surface area (TPSA) is 12.0 Å². The predicted molar refractivity (Wildman–Crippen MR) is 73.3 cm³/mol. The molecule has 0 saturated heterocycles. The van der Waals surface area contributed by atoms with E-state index in [9.17, 15) is 0 Å².